The predicted molar refractivity (Wildman–Crippen MR) is 132 cm³/mol. The van der Waals surface area contributed by atoms with E-state index in [4.69, 9.17) is 15.9 Å². The largest absolute Gasteiger partial charge is 0.504 e. The van der Waals surface area contributed by atoms with Crippen molar-refractivity contribution in [2.24, 2.45) is 12.8 Å². The van der Waals surface area contributed by atoms with Gasteiger partial charge in [-0.15, -0.1) is 17.0 Å². The predicted octanol–water partition coefficient (Wildman–Crippen LogP) is 4.04. The summed E-state index contributed by atoms with van der Waals surface area (Å²) in [7, 11) is 1.82. The van der Waals surface area contributed by atoms with Gasteiger partial charge >= 0.3 is 0 Å². The van der Waals surface area contributed by atoms with Gasteiger partial charge in [0, 0.05) is 18.2 Å². The van der Waals surface area contributed by atoms with Crippen molar-refractivity contribution in [3.63, 3.8) is 0 Å². The Balaban J connectivity index is 0.00000363. The third-order valence-electron chi connectivity index (χ3n) is 5.47. The maximum atomic E-state index is 13.3. The number of nitrogens with one attached hydrogen (secondary N) is 1. The maximum absolute atomic E-state index is 13.3. The molecule has 32 heavy (non-hydrogen) atoms. The Labute approximate surface area is 199 Å². The minimum atomic E-state index is -0.372. The van der Waals surface area contributed by atoms with Gasteiger partial charge in [0.2, 0.25) is 5.62 Å². The number of halogens is 1. The molecule has 0 amide bonds. The standard InChI is InChI=1S/C24H32N4O3.BrH/c1-24(2,3)17-13-16(14-21(22(17)30)31-12-8-7-11-25)20(29)15-28-19-10-6-5-9-18(19)27(4)23(28)26;/h5-6,9-10,13-14,26,30H,7-8,11-12,15,25H2,1-4H3;1H. The van der Waals surface area contributed by atoms with Gasteiger partial charge in [0.25, 0.3) is 0 Å². The lowest BCUT2D eigenvalue weighted by molar-refractivity contribution is 0.0971. The molecule has 2 aromatic carbocycles. The molecular formula is C24H33BrN4O3. The normalized spacial score (nSPS) is 11.4. The number of aromatic nitrogens is 2. The molecule has 1 aromatic heterocycles. The number of rotatable bonds is 8. The number of phenolic OH excluding ortho intramolecular Hbond substituents is 1. The minimum Gasteiger partial charge on any atom is -0.504 e. The number of phenols is 1. The molecule has 0 spiro atoms. The van der Waals surface area contributed by atoms with Gasteiger partial charge in [-0.25, -0.2) is 0 Å². The Hall–Kier alpha value is -2.58. The molecule has 0 atom stereocenters. The molecule has 0 saturated carbocycles. The number of carbonyl (C=O) groups is 1. The quantitative estimate of drug-likeness (QED) is 0.317. The fourth-order valence-electron chi connectivity index (χ4n) is 3.66. The van der Waals surface area contributed by atoms with Crippen LogP contribution in [0.15, 0.2) is 36.4 Å². The number of ketones is 1. The number of nitrogens with two attached hydrogens (primary N) is 1. The number of aryl methyl sites for hydroxylation is 1. The zero-order valence-electron chi connectivity index (χ0n) is 19.1. The molecule has 1 heterocycles. The van der Waals surface area contributed by atoms with Crippen molar-refractivity contribution in [2.45, 2.75) is 45.6 Å². The highest BCUT2D eigenvalue weighted by molar-refractivity contribution is 8.93. The monoisotopic (exact) mass is 504 g/mol. The molecule has 0 bridgehead atoms. The number of benzene rings is 2. The average Bonchev–Trinajstić information content (AvgIpc) is 2.96. The molecular weight excluding hydrogens is 472 g/mol. The summed E-state index contributed by atoms with van der Waals surface area (Å²) >= 11 is 0. The molecule has 0 fully saturated rings. The number of hydrogen-bond acceptors (Lipinski definition) is 5. The van der Waals surface area contributed by atoms with E-state index in [2.05, 4.69) is 0 Å². The van der Waals surface area contributed by atoms with Gasteiger partial charge in [-0.2, -0.15) is 0 Å². The van der Waals surface area contributed by atoms with E-state index in [0.29, 0.717) is 30.0 Å². The van der Waals surface area contributed by atoms with Gasteiger partial charge in [0.05, 0.1) is 24.2 Å². The summed E-state index contributed by atoms with van der Waals surface area (Å²) in [6.45, 7) is 6.97. The Morgan fingerprint density at radius 2 is 1.81 bits per heavy atom. The number of hydrogen-bond donors (Lipinski definition) is 3. The van der Waals surface area contributed by atoms with Crippen LogP contribution < -0.4 is 16.1 Å². The molecule has 0 aliphatic rings. The molecule has 7 nitrogen and oxygen atoms in total. The van der Waals surface area contributed by atoms with Crippen molar-refractivity contribution in [2.75, 3.05) is 13.2 Å². The van der Waals surface area contributed by atoms with E-state index in [1.165, 1.54) is 0 Å². The lowest BCUT2D eigenvalue weighted by atomic mass is 9.84. The highest BCUT2D eigenvalue weighted by Crippen LogP contribution is 2.39. The first kappa shape index (κ1) is 25.7. The van der Waals surface area contributed by atoms with Gasteiger partial charge in [-0.05, 0) is 49.1 Å². The van der Waals surface area contributed by atoms with Crippen LogP contribution in [-0.2, 0) is 19.0 Å². The van der Waals surface area contributed by atoms with Crippen LogP contribution in [0, 0.1) is 5.41 Å². The number of Topliss-reactive ketones (excluding diaryl/α,β-unsaturated/α-hetero) is 1. The molecule has 3 aromatic rings. The van der Waals surface area contributed by atoms with E-state index in [1.807, 2.05) is 52.1 Å². The van der Waals surface area contributed by atoms with E-state index in [-0.39, 0.29) is 46.1 Å². The molecule has 8 heteroatoms. The summed E-state index contributed by atoms with van der Waals surface area (Å²) in [6, 6.07) is 11.0. The zero-order chi connectivity index (χ0) is 22.8. The van der Waals surface area contributed by atoms with Crippen LogP contribution in [0.2, 0.25) is 0 Å². The summed E-state index contributed by atoms with van der Waals surface area (Å²) in [4.78, 5) is 13.3. The zero-order valence-corrected chi connectivity index (χ0v) is 20.9. The van der Waals surface area contributed by atoms with Crippen molar-refractivity contribution < 1.29 is 14.6 Å². The third-order valence-corrected chi connectivity index (χ3v) is 5.47. The third kappa shape index (κ3) is 5.24. The van der Waals surface area contributed by atoms with Crippen LogP contribution >= 0.6 is 17.0 Å². The molecule has 3 rings (SSSR count). The smallest absolute Gasteiger partial charge is 0.203 e. The topological polar surface area (TPSA) is 106 Å². The van der Waals surface area contributed by atoms with Crippen LogP contribution in [-0.4, -0.2) is 33.2 Å². The lowest BCUT2D eigenvalue weighted by Gasteiger charge is -2.23. The second-order valence-corrected chi connectivity index (χ2v) is 8.85. The summed E-state index contributed by atoms with van der Waals surface area (Å²) in [5.41, 5.74) is 8.25. The first-order valence-electron chi connectivity index (χ1n) is 10.6. The van der Waals surface area contributed by atoms with E-state index >= 15 is 0 Å². The van der Waals surface area contributed by atoms with Crippen molar-refractivity contribution in [1.29, 1.82) is 5.41 Å². The molecule has 0 radical (unpaired) electrons. The van der Waals surface area contributed by atoms with Gasteiger partial charge in [0.15, 0.2) is 17.3 Å². The van der Waals surface area contributed by atoms with E-state index in [0.717, 1.165) is 23.9 Å². The van der Waals surface area contributed by atoms with Crippen LogP contribution in [0.25, 0.3) is 11.0 Å². The number of fused-ring (bicyclic) bond motifs is 1. The Morgan fingerprint density at radius 3 is 2.44 bits per heavy atom. The van der Waals surface area contributed by atoms with E-state index < -0.39 is 0 Å². The molecule has 0 saturated heterocycles. The second-order valence-electron chi connectivity index (χ2n) is 8.85. The number of imidazole rings is 1. The van der Waals surface area contributed by atoms with Gasteiger partial charge in [0.1, 0.15) is 0 Å². The molecule has 4 N–H and O–H groups in total. The molecule has 0 unspecified atom stereocenters. The number of para-hydroxylation sites is 2. The molecule has 0 aliphatic heterocycles. The second kappa shape index (κ2) is 10.4. The summed E-state index contributed by atoms with van der Waals surface area (Å²) in [5, 5.41) is 19.2. The number of nitrogens with zero attached hydrogens (tertiary/aromatic N) is 2. The van der Waals surface area contributed by atoms with Crippen LogP contribution in [0.4, 0.5) is 0 Å². The number of unbranched alkanes of at least 4 members (excludes halogenated alkanes) is 1. The van der Waals surface area contributed by atoms with Crippen LogP contribution in [0.3, 0.4) is 0 Å². The van der Waals surface area contributed by atoms with E-state index in [9.17, 15) is 9.90 Å². The Kier molecular flexibility index (Phi) is 8.31. The van der Waals surface area contributed by atoms with E-state index in [1.54, 1.807) is 21.3 Å². The fourth-order valence-corrected chi connectivity index (χ4v) is 3.66. The molecule has 0 aliphatic carbocycles. The SMILES string of the molecule is Br.Cn1c(=N)n(CC(=O)c2cc(OCCCCN)c(O)c(C(C)(C)C)c2)c2ccccc21. The van der Waals surface area contributed by atoms with Crippen molar-refractivity contribution in [3.8, 4) is 11.5 Å². The van der Waals surface area contributed by atoms with Gasteiger partial charge in [-0.3, -0.25) is 10.2 Å². The highest BCUT2D eigenvalue weighted by atomic mass is 79.9. The summed E-state index contributed by atoms with van der Waals surface area (Å²) in [6.07, 6.45) is 1.60. The van der Waals surface area contributed by atoms with Crippen molar-refractivity contribution in [1.82, 2.24) is 9.13 Å². The Bertz CT molecular complexity index is 1160. The Morgan fingerprint density at radius 1 is 1.16 bits per heavy atom. The van der Waals surface area contributed by atoms with Gasteiger partial charge < -0.3 is 24.7 Å². The average molecular weight is 505 g/mol. The lowest BCUT2D eigenvalue weighted by Crippen LogP contribution is -2.26. The first-order chi connectivity index (χ1) is 14.6. The van der Waals surface area contributed by atoms with Crippen LogP contribution in [0.1, 0.15) is 49.5 Å². The minimum absolute atomic E-state index is 0. The van der Waals surface area contributed by atoms with Crippen LogP contribution in [0.5, 0.6) is 11.5 Å². The number of ether oxygens (including phenoxy) is 1. The molecule has 174 valence electrons. The summed E-state index contributed by atoms with van der Waals surface area (Å²) < 4.78 is 9.26. The first-order valence-corrected chi connectivity index (χ1v) is 10.6. The fraction of sp³-hybridized carbons (Fsp3) is 0.417. The number of carbonyl (C=O) groups excluding carboxylic acids is 1. The van der Waals surface area contributed by atoms with Gasteiger partial charge in [-0.1, -0.05) is 32.9 Å². The van der Waals surface area contributed by atoms with Crippen molar-refractivity contribution in [3.05, 3.63) is 53.1 Å². The summed E-state index contributed by atoms with van der Waals surface area (Å²) in [5.74, 6) is 0.227. The van der Waals surface area contributed by atoms with Crippen molar-refractivity contribution >= 4 is 33.8 Å². The highest BCUT2D eigenvalue weighted by Gasteiger charge is 2.24. The number of aromatic hydroxyl groups is 1. The maximum Gasteiger partial charge on any atom is 0.203 e.